The van der Waals surface area contributed by atoms with Gasteiger partial charge < -0.3 is 4.74 Å². The lowest BCUT2D eigenvalue weighted by atomic mass is 10.1. The molecule has 3 rings (SSSR count). The molecule has 2 aromatic rings. The average molecular weight is 302 g/mol. The smallest absolute Gasteiger partial charge is 0.255 e. The minimum absolute atomic E-state index is 0.0799. The molecule has 1 N–H and O–H groups in total. The fourth-order valence-electron chi connectivity index (χ4n) is 2.32. The maximum absolute atomic E-state index is 12.0. The molecule has 1 aliphatic heterocycles. The first-order valence-corrected chi connectivity index (χ1v) is 7.95. The Morgan fingerprint density at radius 2 is 2.24 bits per heavy atom. The number of carbonyl (C=O) groups is 1. The van der Waals surface area contributed by atoms with Gasteiger partial charge in [-0.1, -0.05) is 29.8 Å². The van der Waals surface area contributed by atoms with Gasteiger partial charge in [-0.2, -0.15) is 0 Å². The van der Waals surface area contributed by atoms with E-state index in [2.05, 4.69) is 41.5 Å². The van der Waals surface area contributed by atoms with Crippen molar-refractivity contribution in [2.45, 2.75) is 32.3 Å². The number of carbonyl (C=O) groups excluding carboxylic acids is 1. The highest BCUT2D eigenvalue weighted by molar-refractivity contribution is 7.15. The van der Waals surface area contributed by atoms with E-state index in [1.54, 1.807) is 0 Å². The molecule has 1 fully saturated rings. The van der Waals surface area contributed by atoms with Crippen molar-refractivity contribution in [2.75, 3.05) is 11.9 Å². The van der Waals surface area contributed by atoms with E-state index in [0.29, 0.717) is 11.7 Å². The van der Waals surface area contributed by atoms with Crippen LogP contribution in [0.25, 0.3) is 0 Å². The van der Waals surface area contributed by atoms with Crippen molar-refractivity contribution in [2.24, 2.45) is 0 Å². The van der Waals surface area contributed by atoms with E-state index < -0.39 is 0 Å². The summed E-state index contributed by atoms with van der Waals surface area (Å²) in [7, 11) is 0. The summed E-state index contributed by atoms with van der Waals surface area (Å²) in [6.07, 6.45) is 4.11. The van der Waals surface area contributed by atoms with E-state index >= 15 is 0 Å². The zero-order valence-electron chi connectivity index (χ0n) is 12.0. The molecule has 0 unspecified atom stereocenters. The fraction of sp³-hybridized carbons (Fsp3) is 0.375. The lowest BCUT2D eigenvalue weighted by Gasteiger charge is -2.07. The van der Waals surface area contributed by atoms with Gasteiger partial charge in [0.25, 0.3) is 5.91 Å². The molecule has 4 nitrogen and oxygen atoms in total. The highest BCUT2D eigenvalue weighted by atomic mass is 32.1. The SMILES string of the molecule is Cc1ccc(Cc2cnc(NC(=O)[C@@H]3CCCO3)s2)cc1. The second kappa shape index (κ2) is 6.37. The molecule has 0 spiro atoms. The minimum atomic E-state index is -0.311. The molecule has 1 aliphatic rings. The third kappa shape index (κ3) is 3.68. The maximum Gasteiger partial charge on any atom is 0.255 e. The van der Waals surface area contributed by atoms with Gasteiger partial charge >= 0.3 is 0 Å². The molecule has 0 bridgehead atoms. The van der Waals surface area contributed by atoms with Crippen LogP contribution in [0.1, 0.15) is 28.8 Å². The lowest BCUT2D eigenvalue weighted by Crippen LogP contribution is -2.26. The van der Waals surface area contributed by atoms with Crippen LogP contribution in [0.3, 0.4) is 0 Å². The highest BCUT2D eigenvalue weighted by Crippen LogP contribution is 2.22. The number of nitrogens with zero attached hydrogens (tertiary/aromatic N) is 1. The summed E-state index contributed by atoms with van der Waals surface area (Å²) >= 11 is 1.52. The minimum Gasteiger partial charge on any atom is -0.368 e. The van der Waals surface area contributed by atoms with Crippen molar-refractivity contribution in [3.8, 4) is 0 Å². The van der Waals surface area contributed by atoms with Crippen LogP contribution < -0.4 is 5.32 Å². The normalized spacial score (nSPS) is 17.9. The first kappa shape index (κ1) is 14.2. The van der Waals surface area contributed by atoms with E-state index in [-0.39, 0.29) is 12.0 Å². The Balaban J connectivity index is 1.60. The third-order valence-electron chi connectivity index (χ3n) is 3.50. The third-order valence-corrected chi connectivity index (χ3v) is 4.42. The summed E-state index contributed by atoms with van der Waals surface area (Å²) in [5, 5.41) is 3.49. The molecule has 2 heterocycles. The second-order valence-corrected chi connectivity index (χ2v) is 6.40. The Morgan fingerprint density at radius 1 is 1.43 bits per heavy atom. The van der Waals surface area contributed by atoms with Crippen LogP contribution in [0.15, 0.2) is 30.5 Å². The largest absolute Gasteiger partial charge is 0.368 e. The summed E-state index contributed by atoms with van der Waals surface area (Å²) < 4.78 is 5.37. The molecule has 5 heteroatoms. The summed E-state index contributed by atoms with van der Waals surface area (Å²) in [5.41, 5.74) is 2.51. The van der Waals surface area contributed by atoms with Gasteiger partial charge in [0.15, 0.2) is 5.13 Å². The molecule has 1 aromatic carbocycles. The van der Waals surface area contributed by atoms with Crippen molar-refractivity contribution in [1.29, 1.82) is 0 Å². The summed E-state index contributed by atoms with van der Waals surface area (Å²) in [5.74, 6) is -0.0799. The molecule has 21 heavy (non-hydrogen) atoms. The van der Waals surface area contributed by atoms with Gasteiger partial charge in [-0.25, -0.2) is 4.98 Å². The van der Waals surface area contributed by atoms with Crippen LogP contribution >= 0.6 is 11.3 Å². The number of thiazole rings is 1. The molecule has 1 amide bonds. The van der Waals surface area contributed by atoms with Gasteiger partial charge in [0, 0.05) is 24.1 Å². The van der Waals surface area contributed by atoms with E-state index in [9.17, 15) is 4.79 Å². The standard InChI is InChI=1S/C16H18N2O2S/c1-11-4-6-12(7-5-11)9-13-10-17-16(21-13)18-15(19)14-3-2-8-20-14/h4-7,10,14H,2-3,8-9H2,1H3,(H,17,18,19)/t14-/m0/s1. The predicted molar refractivity (Wildman–Crippen MR) is 83.7 cm³/mol. The predicted octanol–water partition coefficient (Wildman–Crippen LogP) is 3.16. The van der Waals surface area contributed by atoms with Gasteiger partial charge in [0.1, 0.15) is 6.10 Å². The van der Waals surface area contributed by atoms with Crippen LogP contribution in [0.2, 0.25) is 0 Å². The Labute approximate surface area is 128 Å². The quantitative estimate of drug-likeness (QED) is 0.944. The molecular formula is C16H18N2O2S. The van der Waals surface area contributed by atoms with Gasteiger partial charge in [-0.3, -0.25) is 10.1 Å². The molecule has 0 radical (unpaired) electrons. The van der Waals surface area contributed by atoms with Crippen molar-refractivity contribution in [3.05, 3.63) is 46.5 Å². The summed E-state index contributed by atoms with van der Waals surface area (Å²) in [6, 6.07) is 8.46. The molecule has 110 valence electrons. The van der Waals surface area contributed by atoms with Gasteiger partial charge in [-0.05, 0) is 25.3 Å². The number of aryl methyl sites for hydroxylation is 1. The topological polar surface area (TPSA) is 51.2 Å². The van der Waals surface area contributed by atoms with E-state index in [1.165, 1.54) is 22.5 Å². The lowest BCUT2D eigenvalue weighted by molar-refractivity contribution is -0.124. The van der Waals surface area contributed by atoms with Crippen LogP contribution in [-0.2, 0) is 16.0 Å². The number of rotatable bonds is 4. The second-order valence-electron chi connectivity index (χ2n) is 5.29. The summed E-state index contributed by atoms with van der Waals surface area (Å²) in [6.45, 7) is 2.75. The first-order valence-electron chi connectivity index (χ1n) is 7.13. The molecule has 1 aromatic heterocycles. The number of hydrogen-bond acceptors (Lipinski definition) is 4. The van der Waals surface area contributed by atoms with Crippen molar-refractivity contribution in [3.63, 3.8) is 0 Å². The molecule has 1 saturated heterocycles. The van der Waals surface area contributed by atoms with E-state index in [0.717, 1.165) is 24.1 Å². The monoisotopic (exact) mass is 302 g/mol. The van der Waals surface area contributed by atoms with Crippen LogP contribution in [0.4, 0.5) is 5.13 Å². The zero-order chi connectivity index (χ0) is 14.7. The number of anilines is 1. The Hall–Kier alpha value is -1.72. The Morgan fingerprint density at radius 3 is 2.95 bits per heavy atom. The Kier molecular flexibility index (Phi) is 4.31. The Bertz CT molecular complexity index is 615. The van der Waals surface area contributed by atoms with Crippen molar-refractivity contribution < 1.29 is 9.53 Å². The van der Waals surface area contributed by atoms with Crippen LogP contribution in [-0.4, -0.2) is 23.6 Å². The van der Waals surface area contributed by atoms with Crippen LogP contribution in [0.5, 0.6) is 0 Å². The number of benzene rings is 1. The van der Waals surface area contributed by atoms with Crippen LogP contribution in [0, 0.1) is 6.92 Å². The van der Waals surface area contributed by atoms with Gasteiger partial charge in [-0.15, -0.1) is 11.3 Å². The van der Waals surface area contributed by atoms with E-state index in [4.69, 9.17) is 4.74 Å². The fourth-order valence-corrected chi connectivity index (χ4v) is 3.17. The van der Waals surface area contributed by atoms with Gasteiger partial charge in [0.05, 0.1) is 0 Å². The molecule has 0 saturated carbocycles. The molecule has 1 atom stereocenters. The highest BCUT2D eigenvalue weighted by Gasteiger charge is 2.24. The number of ether oxygens (including phenoxy) is 1. The van der Waals surface area contributed by atoms with Crippen molar-refractivity contribution in [1.82, 2.24) is 4.98 Å². The van der Waals surface area contributed by atoms with E-state index in [1.807, 2.05) is 6.20 Å². The number of nitrogens with one attached hydrogen (secondary N) is 1. The van der Waals surface area contributed by atoms with Crippen molar-refractivity contribution >= 4 is 22.4 Å². The summed E-state index contributed by atoms with van der Waals surface area (Å²) in [4.78, 5) is 17.4. The number of hydrogen-bond donors (Lipinski definition) is 1. The molecule has 0 aliphatic carbocycles. The number of aromatic nitrogens is 1. The van der Waals surface area contributed by atoms with Gasteiger partial charge in [0.2, 0.25) is 0 Å². The number of amides is 1. The first-order chi connectivity index (χ1) is 10.2. The zero-order valence-corrected chi connectivity index (χ0v) is 12.8. The maximum atomic E-state index is 12.0. The average Bonchev–Trinajstić information content (AvgIpc) is 3.13. The molecular weight excluding hydrogens is 284 g/mol.